The molecule has 0 saturated heterocycles. The van der Waals surface area contributed by atoms with E-state index in [1.807, 2.05) is 60.7 Å². The molecular formula is C33H44N2O9. The molecule has 0 aliphatic heterocycles. The second-order valence-electron chi connectivity index (χ2n) is 10.0. The summed E-state index contributed by atoms with van der Waals surface area (Å²) in [4.78, 5) is 56.7. The monoisotopic (exact) mass is 612 g/mol. The number of benzene rings is 2. The molecular weight excluding hydrogens is 568 g/mol. The van der Waals surface area contributed by atoms with Crippen LogP contribution in [0, 0.1) is 11.8 Å². The van der Waals surface area contributed by atoms with Crippen LogP contribution < -0.4 is 11.1 Å². The van der Waals surface area contributed by atoms with Crippen LogP contribution in [-0.2, 0) is 46.7 Å². The molecule has 1 amide bonds. The van der Waals surface area contributed by atoms with Gasteiger partial charge in [0.15, 0.2) is 0 Å². The molecule has 0 bridgehead atoms. The highest BCUT2D eigenvalue weighted by molar-refractivity contribution is 5.86. The zero-order valence-electron chi connectivity index (χ0n) is 25.0. The van der Waals surface area contributed by atoms with Gasteiger partial charge in [-0.15, -0.1) is 0 Å². The van der Waals surface area contributed by atoms with Crippen LogP contribution in [0.4, 0.5) is 0 Å². The first-order valence-corrected chi connectivity index (χ1v) is 14.6. The van der Waals surface area contributed by atoms with Gasteiger partial charge in [0.25, 0.3) is 0 Å². The van der Waals surface area contributed by atoms with Crippen molar-refractivity contribution in [2.75, 3.05) is 13.1 Å². The van der Waals surface area contributed by atoms with Crippen LogP contribution in [-0.4, -0.2) is 53.1 Å². The number of rotatable bonds is 20. The van der Waals surface area contributed by atoms with E-state index in [4.69, 9.17) is 20.3 Å². The number of ether oxygens (including phenoxy) is 2. The minimum absolute atomic E-state index is 0.0905. The zero-order valence-corrected chi connectivity index (χ0v) is 25.0. The van der Waals surface area contributed by atoms with Crippen molar-refractivity contribution in [3.63, 3.8) is 0 Å². The first kappa shape index (κ1) is 37.5. The second-order valence-corrected chi connectivity index (χ2v) is 10.0. The smallest absolute Gasteiger partial charge is 0.307 e. The van der Waals surface area contributed by atoms with Crippen LogP contribution in [0.2, 0.25) is 0 Å². The quantitative estimate of drug-likeness (QED) is 0.0958. The van der Waals surface area contributed by atoms with Gasteiger partial charge in [-0.2, -0.15) is 0 Å². The van der Waals surface area contributed by atoms with E-state index in [1.165, 1.54) is 6.08 Å². The maximum atomic E-state index is 11.8. The Labute approximate surface area is 258 Å². The van der Waals surface area contributed by atoms with Crippen molar-refractivity contribution >= 4 is 29.8 Å². The van der Waals surface area contributed by atoms with E-state index in [9.17, 15) is 29.1 Å². The first-order chi connectivity index (χ1) is 21.2. The molecule has 5 N–H and O–H groups in total. The van der Waals surface area contributed by atoms with Gasteiger partial charge in [-0.3, -0.25) is 24.0 Å². The van der Waals surface area contributed by atoms with Crippen LogP contribution in [0.3, 0.4) is 0 Å². The van der Waals surface area contributed by atoms with E-state index in [1.54, 1.807) is 0 Å². The van der Waals surface area contributed by atoms with Gasteiger partial charge in [0.05, 0.1) is 24.7 Å². The standard InChI is InChI=1S/C18H23NO5.C15H21NO4/c1-2-16(20)19-11-7-6-10-15(18(22)23)12-17(21)24-13-14-8-4-3-5-9-14;16-9-5-4-8-13(15(18)19)10-14(17)20-11-12-6-2-1-3-7-12/h2-5,8-9,15H,1,6-7,10-13H2,(H,19,20)(H,22,23);1-3,6-7,13H,4-5,8-11,16H2,(H,18,19)/t15-;13-/m11/s1. The Morgan fingerprint density at radius 3 is 1.55 bits per heavy atom. The number of nitrogens with two attached hydrogens (primary N) is 1. The molecule has 11 nitrogen and oxygen atoms in total. The number of unbranched alkanes of at least 4 members (excludes halogenated alkanes) is 2. The number of nitrogens with one attached hydrogen (secondary N) is 1. The van der Waals surface area contributed by atoms with Crippen LogP contribution in [0.25, 0.3) is 0 Å². The van der Waals surface area contributed by atoms with E-state index in [0.29, 0.717) is 45.2 Å². The molecule has 0 aliphatic carbocycles. The van der Waals surface area contributed by atoms with Gasteiger partial charge in [0.2, 0.25) is 5.91 Å². The lowest BCUT2D eigenvalue weighted by atomic mass is 9.98. The Hall–Kier alpha value is -4.51. The fourth-order valence-electron chi connectivity index (χ4n) is 3.96. The van der Waals surface area contributed by atoms with Gasteiger partial charge >= 0.3 is 23.9 Å². The predicted molar refractivity (Wildman–Crippen MR) is 164 cm³/mol. The van der Waals surface area contributed by atoms with Gasteiger partial charge in [-0.05, 0) is 49.4 Å². The summed E-state index contributed by atoms with van der Waals surface area (Å²) in [5.41, 5.74) is 7.11. The maximum Gasteiger partial charge on any atom is 0.307 e. The summed E-state index contributed by atoms with van der Waals surface area (Å²) in [6, 6.07) is 18.5. The maximum absolute atomic E-state index is 11.8. The molecule has 0 heterocycles. The highest BCUT2D eigenvalue weighted by atomic mass is 16.5. The molecule has 240 valence electrons. The molecule has 0 aliphatic rings. The molecule has 0 saturated carbocycles. The highest BCUT2D eigenvalue weighted by Gasteiger charge is 2.22. The molecule has 0 spiro atoms. The van der Waals surface area contributed by atoms with E-state index in [0.717, 1.165) is 17.5 Å². The van der Waals surface area contributed by atoms with Gasteiger partial charge in [0.1, 0.15) is 13.2 Å². The summed E-state index contributed by atoms with van der Waals surface area (Å²) in [6.07, 6.45) is 4.47. The third-order valence-corrected chi connectivity index (χ3v) is 6.48. The topological polar surface area (TPSA) is 182 Å². The summed E-state index contributed by atoms with van der Waals surface area (Å²) < 4.78 is 10.2. The molecule has 2 aromatic carbocycles. The summed E-state index contributed by atoms with van der Waals surface area (Å²) in [5, 5.41) is 20.9. The SMILES string of the molecule is C=CC(=O)NCCCC[C@H](CC(=O)OCc1ccccc1)C(=O)O.NCCCC[C@H](CC(=O)OCc1ccccc1)C(=O)O. The zero-order chi connectivity index (χ0) is 32.6. The van der Waals surface area contributed by atoms with Crippen molar-refractivity contribution in [2.24, 2.45) is 17.6 Å². The van der Waals surface area contributed by atoms with Crippen molar-refractivity contribution in [3.8, 4) is 0 Å². The molecule has 11 heteroatoms. The molecule has 0 radical (unpaired) electrons. The van der Waals surface area contributed by atoms with E-state index >= 15 is 0 Å². The molecule has 44 heavy (non-hydrogen) atoms. The van der Waals surface area contributed by atoms with Crippen molar-refractivity contribution in [3.05, 3.63) is 84.4 Å². The summed E-state index contributed by atoms with van der Waals surface area (Å²) in [6.45, 7) is 4.64. The fourth-order valence-corrected chi connectivity index (χ4v) is 3.96. The number of aliphatic carboxylic acids is 2. The third-order valence-electron chi connectivity index (χ3n) is 6.48. The minimum Gasteiger partial charge on any atom is -0.481 e. The predicted octanol–water partition coefficient (Wildman–Crippen LogP) is 4.24. The van der Waals surface area contributed by atoms with Crippen molar-refractivity contribution in [2.45, 2.75) is 64.6 Å². The third kappa shape index (κ3) is 18.1. The molecule has 2 atom stereocenters. The van der Waals surface area contributed by atoms with Crippen molar-refractivity contribution < 1.29 is 43.7 Å². The average Bonchev–Trinajstić information content (AvgIpc) is 3.02. The number of carbonyl (C=O) groups is 5. The van der Waals surface area contributed by atoms with Crippen molar-refractivity contribution in [1.29, 1.82) is 0 Å². The van der Waals surface area contributed by atoms with Gasteiger partial charge < -0.3 is 30.7 Å². The Balaban J connectivity index is 0.000000447. The lowest BCUT2D eigenvalue weighted by molar-refractivity contribution is -0.152. The lowest BCUT2D eigenvalue weighted by Crippen LogP contribution is -2.23. The Bertz CT molecular complexity index is 1160. The lowest BCUT2D eigenvalue weighted by Gasteiger charge is -2.12. The second kappa shape index (κ2) is 23.0. The minimum atomic E-state index is -1.01. The fraction of sp³-hybridized carbons (Fsp3) is 0.424. The largest absolute Gasteiger partial charge is 0.481 e. The average molecular weight is 613 g/mol. The number of carboxylic acid groups (broad SMARTS) is 2. The first-order valence-electron chi connectivity index (χ1n) is 14.6. The Morgan fingerprint density at radius 1 is 0.727 bits per heavy atom. The van der Waals surface area contributed by atoms with Gasteiger partial charge in [-0.1, -0.05) is 80.1 Å². The summed E-state index contributed by atoms with van der Waals surface area (Å²) in [7, 11) is 0. The highest BCUT2D eigenvalue weighted by Crippen LogP contribution is 2.16. The van der Waals surface area contributed by atoms with Crippen LogP contribution in [0.15, 0.2) is 73.3 Å². The summed E-state index contributed by atoms with van der Waals surface area (Å²) >= 11 is 0. The van der Waals surface area contributed by atoms with E-state index in [-0.39, 0.29) is 32.0 Å². The Kier molecular flexibility index (Phi) is 19.6. The Morgan fingerprint density at radius 2 is 1.16 bits per heavy atom. The number of esters is 2. The van der Waals surface area contributed by atoms with Crippen LogP contribution in [0.5, 0.6) is 0 Å². The number of carboxylic acids is 2. The number of carbonyl (C=O) groups excluding carboxylic acids is 3. The number of hydrogen-bond donors (Lipinski definition) is 4. The van der Waals surface area contributed by atoms with Crippen LogP contribution >= 0.6 is 0 Å². The number of hydrogen-bond acceptors (Lipinski definition) is 8. The molecule has 0 aromatic heterocycles. The van der Waals surface area contributed by atoms with Crippen molar-refractivity contribution in [1.82, 2.24) is 5.32 Å². The number of amides is 1. The van der Waals surface area contributed by atoms with E-state index < -0.39 is 35.7 Å². The molecule has 2 rings (SSSR count). The van der Waals surface area contributed by atoms with Gasteiger partial charge in [-0.25, -0.2) is 0 Å². The summed E-state index contributed by atoms with van der Waals surface area (Å²) in [5.74, 6) is -4.69. The molecule has 0 unspecified atom stereocenters. The molecule has 0 fully saturated rings. The van der Waals surface area contributed by atoms with Crippen LogP contribution in [0.1, 0.15) is 62.5 Å². The van der Waals surface area contributed by atoms with Gasteiger partial charge in [0, 0.05) is 6.54 Å². The normalized spacial score (nSPS) is 11.6. The molecule has 2 aromatic rings. The van der Waals surface area contributed by atoms with E-state index in [2.05, 4.69) is 11.9 Å².